The van der Waals surface area contributed by atoms with Gasteiger partial charge in [-0.15, -0.1) is 0 Å². The molecule has 0 saturated heterocycles. The van der Waals surface area contributed by atoms with E-state index in [1.54, 1.807) is 0 Å². The minimum atomic E-state index is 0.440. The normalized spacial score (nSPS) is 24.9. The molecular weight excluding hydrogens is 208 g/mol. The molecule has 1 saturated carbocycles. The predicted molar refractivity (Wildman–Crippen MR) is 73.0 cm³/mol. The molecule has 17 heavy (non-hydrogen) atoms. The van der Waals surface area contributed by atoms with E-state index < -0.39 is 0 Å². The molecule has 0 aliphatic heterocycles. The molecule has 2 heteroatoms. The van der Waals surface area contributed by atoms with Crippen LogP contribution in [-0.4, -0.2) is 12.1 Å². The Balaban J connectivity index is 1.83. The number of rotatable bonds is 3. The van der Waals surface area contributed by atoms with Gasteiger partial charge in [-0.1, -0.05) is 18.2 Å². The molecule has 94 valence electrons. The van der Waals surface area contributed by atoms with Crippen molar-refractivity contribution in [2.24, 2.45) is 5.73 Å². The van der Waals surface area contributed by atoms with E-state index in [-0.39, 0.29) is 0 Å². The average Bonchev–Trinajstić information content (AvgIpc) is 2.33. The van der Waals surface area contributed by atoms with Crippen molar-refractivity contribution in [2.75, 3.05) is 0 Å². The second-order valence-electron chi connectivity index (χ2n) is 5.41. The monoisotopic (exact) mass is 232 g/mol. The van der Waals surface area contributed by atoms with E-state index in [0.717, 1.165) is 6.54 Å². The van der Waals surface area contributed by atoms with Gasteiger partial charge in [0, 0.05) is 18.6 Å². The van der Waals surface area contributed by atoms with Gasteiger partial charge in [-0.05, 0) is 56.2 Å². The molecule has 0 atom stereocenters. The SMILES string of the molecule is Cc1ccc(CNC2CCC(N)CC2)cc1C. The topological polar surface area (TPSA) is 38.0 Å². The van der Waals surface area contributed by atoms with E-state index in [4.69, 9.17) is 5.73 Å². The molecule has 3 N–H and O–H groups in total. The lowest BCUT2D eigenvalue weighted by Gasteiger charge is -2.27. The van der Waals surface area contributed by atoms with Crippen LogP contribution in [0.15, 0.2) is 18.2 Å². The van der Waals surface area contributed by atoms with Crippen LogP contribution in [0.4, 0.5) is 0 Å². The highest BCUT2D eigenvalue weighted by Gasteiger charge is 2.17. The molecule has 0 radical (unpaired) electrons. The van der Waals surface area contributed by atoms with Gasteiger partial charge in [0.1, 0.15) is 0 Å². The lowest BCUT2D eigenvalue weighted by Crippen LogP contribution is -2.37. The van der Waals surface area contributed by atoms with Gasteiger partial charge < -0.3 is 11.1 Å². The number of hydrogen-bond acceptors (Lipinski definition) is 2. The second-order valence-corrected chi connectivity index (χ2v) is 5.41. The summed E-state index contributed by atoms with van der Waals surface area (Å²) in [5.74, 6) is 0. The summed E-state index contributed by atoms with van der Waals surface area (Å²) in [5, 5.41) is 3.65. The molecule has 0 spiro atoms. The molecule has 1 aliphatic rings. The molecule has 1 fully saturated rings. The van der Waals surface area contributed by atoms with Gasteiger partial charge in [0.05, 0.1) is 0 Å². The molecule has 2 nitrogen and oxygen atoms in total. The lowest BCUT2D eigenvalue weighted by atomic mass is 9.91. The van der Waals surface area contributed by atoms with Crippen LogP contribution in [0, 0.1) is 13.8 Å². The minimum absolute atomic E-state index is 0.440. The molecule has 0 aromatic heterocycles. The smallest absolute Gasteiger partial charge is 0.0208 e. The Morgan fingerprint density at radius 3 is 2.47 bits per heavy atom. The fraction of sp³-hybridized carbons (Fsp3) is 0.600. The molecule has 0 bridgehead atoms. The average molecular weight is 232 g/mol. The molecule has 1 aromatic carbocycles. The first-order chi connectivity index (χ1) is 8.15. The van der Waals surface area contributed by atoms with Gasteiger partial charge in [-0.3, -0.25) is 0 Å². The van der Waals surface area contributed by atoms with Crippen molar-refractivity contribution in [3.63, 3.8) is 0 Å². The zero-order valence-electron chi connectivity index (χ0n) is 11.0. The van der Waals surface area contributed by atoms with Gasteiger partial charge in [-0.25, -0.2) is 0 Å². The first kappa shape index (κ1) is 12.6. The molecule has 2 rings (SSSR count). The Bertz CT molecular complexity index is 365. The zero-order chi connectivity index (χ0) is 12.3. The number of aryl methyl sites for hydroxylation is 2. The van der Waals surface area contributed by atoms with Crippen molar-refractivity contribution < 1.29 is 0 Å². The van der Waals surface area contributed by atoms with Gasteiger partial charge in [0.25, 0.3) is 0 Å². The van der Waals surface area contributed by atoms with Crippen LogP contribution in [0.25, 0.3) is 0 Å². The fourth-order valence-electron chi connectivity index (χ4n) is 2.50. The van der Waals surface area contributed by atoms with Gasteiger partial charge in [-0.2, -0.15) is 0 Å². The Hall–Kier alpha value is -0.860. The number of hydrogen-bond donors (Lipinski definition) is 2. The summed E-state index contributed by atoms with van der Waals surface area (Å²) in [5.41, 5.74) is 10.1. The molecule has 0 heterocycles. The van der Waals surface area contributed by atoms with Crippen molar-refractivity contribution >= 4 is 0 Å². The van der Waals surface area contributed by atoms with E-state index in [9.17, 15) is 0 Å². The van der Waals surface area contributed by atoms with Crippen molar-refractivity contribution in [3.8, 4) is 0 Å². The number of nitrogens with two attached hydrogens (primary N) is 1. The maximum atomic E-state index is 5.91. The lowest BCUT2D eigenvalue weighted by molar-refractivity contribution is 0.342. The van der Waals surface area contributed by atoms with Crippen LogP contribution in [0.1, 0.15) is 42.4 Å². The maximum Gasteiger partial charge on any atom is 0.0208 e. The van der Waals surface area contributed by atoms with Crippen LogP contribution in [0.5, 0.6) is 0 Å². The number of benzene rings is 1. The molecule has 0 unspecified atom stereocenters. The summed E-state index contributed by atoms with van der Waals surface area (Å²) in [6, 6.07) is 7.83. The first-order valence-corrected chi connectivity index (χ1v) is 6.70. The quantitative estimate of drug-likeness (QED) is 0.841. The summed E-state index contributed by atoms with van der Waals surface area (Å²) < 4.78 is 0. The Kier molecular flexibility index (Phi) is 4.19. The summed E-state index contributed by atoms with van der Waals surface area (Å²) in [6.45, 7) is 5.33. The van der Waals surface area contributed by atoms with Crippen LogP contribution in [0.3, 0.4) is 0 Å². The van der Waals surface area contributed by atoms with Crippen molar-refractivity contribution in [1.29, 1.82) is 0 Å². The molecular formula is C15H24N2. The third kappa shape index (κ3) is 3.55. The van der Waals surface area contributed by atoms with Gasteiger partial charge >= 0.3 is 0 Å². The standard InChI is InChI=1S/C15H24N2/c1-11-3-4-13(9-12(11)2)10-17-15-7-5-14(16)6-8-15/h3-4,9,14-15,17H,5-8,10,16H2,1-2H3. The highest BCUT2D eigenvalue weighted by Crippen LogP contribution is 2.17. The van der Waals surface area contributed by atoms with Crippen molar-refractivity contribution in [1.82, 2.24) is 5.32 Å². The van der Waals surface area contributed by atoms with Gasteiger partial charge in [0.15, 0.2) is 0 Å². The van der Waals surface area contributed by atoms with Crippen molar-refractivity contribution in [3.05, 3.63) is 34.9 Å². The largest absolute Gasteiger partial charge is 0.328 e. The second kappa shape index (κ2) is 5.65. The van der Waals surface area contributed by atoms with E-state index in [0.29, 0.717) is 12.1 Å². The van der Waals surface area contributed by atoms with Crippen LogP contribution in [-0.2, 0) is 6.54 Å². The van der Waals surface area contributed by atoms with E-state index in [1.165, 1.54) is 42.4 Å². The van der Waals surface area contributed by atoms with E-state index in [2.05, 4.69) is 37.4 Å². The third-order valence-electron chi connectivity index (χ3n) is 3.94. The summed E-state index contributed by atoms with van der Waals surface area (Å²) in [4.78, 5) is 0. The summed E-state index contributed by atoms with van der Waals surface area (Å²) in [6.07, 6.45) is 4.80. The van der Waals surface area contributed by atoms with E-state index >= 15 is 0 Å². The van der Waals surface area contributed by atoms with Crippen LogP contribution < -0.4 is 11.1 Å². The molecule has 1 aliphatic carbocycles. The zero-order valence-corrected chi connectivity index (χ0v) is 11.0. The van der Waals surface area contributed by atoms with Crippen LogP contribution >= 0.6 is 0 Å². The maximum absolute atomic E-state index is 5.91. The van der Waals surface area contributed by atoms with E-state index in [1.807, 2.05) is 0 Å². The Labute approximate surface area is 105 Å². The minimum Gasteiger partial charge on any atom is -0.328 e. The van der Waals surface area contributed by atoms with Crippen molar-refractivity contribution in [2.45, 2.75) is 58.2 Å². The number of nitrogens with one attached hydrogen (secondary N) is 1. The third-order valence-corrected chi connectivity index (χ3v) is 3.94. The summed E-state index contributed by atoms with van der Waals surface area (Å²) >= 11 is 0. The molecule has 1 aromatic rings. The first-order valence-electron chi connectivity index (χ1n) is 6.70. The fourth-order valence-corrected chi connectivity index (χ4v) is 2.50. The Morgan fingerprint density at radius 1 is 1.12 bits per heavy atom. The summed E-state index contributed by atoms with van der Waals surface area (Å²) in [7, 11) is 0. The Morgan fingerprint density at radius 2 is 1.82 bits per heavy atom. The molecule has 0 amide bonds. The highest BCUT2D eigenvalue weighted by atomic mass is 14.9. The van der Waals surface area contributed by atoms with Crippen LogP contribution in [0.2, 0.25) is 0 Å². The van der Waals surface area contributed by atoms with Gasteiger partial charge in [0.2, 0.25) is 0 Å². The highest BCUT2D eigenvalue weighted by molar-refractivity contribution is 5.29. The predicted octanol–water partition coefficient (Wildman–Crippen LogP) is 2.66.